The Bertz CT molecular complexity index is 954. The summed E-state index contributed by atoms with van der Waals surface area (Å²) >= 11 is 7.45. The fraction of sp³-hybridized carbons (Fsp3) is 0.100. The van der Waals surface area contributed by atoms with Crippen molar-refractivity contribution in [3.63, 3.8) is 0 Å². The standard InChI is InChI=1S/C20H17ClN2O3S/c1-13-6-11-18(27-13)20(25)22-12-19(24)23-14-7-9-15(10-8-14)26-17-5-3-2-4-16(17)21/h2-11H,12H2,1H3,(H,22,25)(H,23,24). The monoisotopic (exact) mass is 400 g/mol. The van der Waals surface area contributed by atoms with E-state index in [0.29, 0.717) is 27.1 Å². The number of hydrogen-bond donors (Lipinski definition) is 2. The van der Waals surface area contributed by atoms with E-state index < -0.39 is 0 Å². The highest BCUT2D eigenvalue weighted by Crippen LogP contribution is 2.29. The van der Waals surface area contributed by atoms with Gasteiger partial charge in [-0.2, -0.15) is 0 Å². The van der Waals surface area contributed by atoms with E-state index in [1.54, 1.807) is 42.5 Å². The Morgan fingerprint density at radius 3 is 2.44 bits per heavy atom. The lowest BCUT2D eigenvalue weighted by atomic mass is 10.3. The van der Waals surface area contributed by atoms with Crippen molar-refractivity contribution in [1.29, 1.82) is 0 Å². The molecule has 0 aliphatic carbocycles. The smallest absolute Gasteiger partial charge is 0.261 e. The number of benzene rings is 2. The van der Waals surface area contributed by atoms with Gasteiger partial charge in [0, 0.05) is 10.6 Å². The number of para-hydroxylation sites is 1. The number of nitrogens with one attached hydrogen (secondary N) is 2. The second-order valence-electron chi connectivity index (χ2n) is 5.70. The van der Waals surface area contributed by atoms with Gasteiger partial charge in [-0.1, -0.05) is 23.7 Å². The molecule has 0 unspecified atom stereocenters. The Morgan fingerprint density at radius 2 is 1.78 bits per heavy atom. The zero-order chi connectivity index (χ0) is 19.2. The van der Waals surface area contributed by atoms with E-state index in [1.807, 2.05) is 25.1 Å². The van der Waals surface area contributed by atoms with Gasteiger partial charge >= 0.3 is 0 Å². The molecule has 1 heterocycles. The molecule has 0 fully saturated rings. The summed E-state index contributed by atoms with van der Waals surface area (Å²) in [6.07, 6.45) is 0. The van der Waals surface area contributed by atoms with Gasteiger partial charge in [-0.05, 0) is 55.5 Å². The number of carbonyl (C=O) groups is 2. The predicted molar refractivity (Wildman–Crippen MR) is 108 cm³/mol. The first-order chi connectivity index (χ1) is 13.0. The molecule has 0 spiro atoms. The third kappa shape index (κ3) is 5.32. The summed E-state index contributed by atoms with van der Waals surface area (Å²) in [6, 6.07) is 17.7. The molecule has 0 aliphatic heterocycles. The van der Waals surface area contributed by atoms with Crippen LogP contribution in [0.3, 0.4) is 0 Å². The van der Waals surface area contributed by atoms with Gasteiger partial charge in [0.05, 0.1) is 16.4 Å². The number of anilines is 1. The molecule has 7 heteroatoms. The van der Waals surface area contributed by atoms with Crippen LogP contribution in [0.5, 0.6) is 11.5 Å². The summed E-state index contributed by atoms with van der Waals surface area (Å²) < 4.78 is 5.70. The van der Waals surface area contributed by atoms with Crippen molar-refractivity contribution in [3.05, 3.63) is 75.4 Å². The zero-order valence-electron chi connectivity index (χ0n) is 14.5. The van der Waals surface area contributed by atoms with E-state index >= 15 is 0 Å². The Morgan fingerprint density at radius 1 is 1.04 bits per heavy atom. The molecule has 2 N–H and O–H groups in total. The van der Waals surface area contributed by atoms with E-state index in [1.165, 1.54) is 11.3 Å². The molecule has 0 radical (unpaired) electrons. The first-order valence-corrected chi connectivity index (χ1v) is 9.37. The number of aryl methyl sites for hydroxylation is 1. The predicted octanol–water partition coefficient (Wildman–Crippen LogP) is 4.87. The Hall–Kier alpha value is -2.83. The molecule has 0 saturated heterocycles. The maximum absolute atomic E-state index is 12.0. The van der Waals surface area contributed by atoms with Crippen molar-refractivity contribution in [3.8, 4) is 11.5 Å². The first-order valence-electron chi connectivity index (χ1n) is 8.18. The molecule has 138 valence electrons. The minimum Gasteiger partial charge on any atom is -0.456 e. The van der Waals surface area contributed by atoms with E-state index in [-0.39, 0.29) is 18.4 Å². The number of carbonyl (C=O) groups excluding carboxylic acids is 2. The second-order valence-corrected chi connectivity index (χ2v) is 7.39. The van der Waals surface area contributed by atoms with Crippen molar-refractivity contribution < 1.29 is 14.3 Å². The van der Waals surface area contributed by atoms with Crippen LogP contribution in [-0.2, 0) is 4.79 Å². The van der Waals surface area contributed by atoms with Gasteiger partial charge in [-0.25, -0.2) is 0 Å². The summed E-state index contributed by atoms with van der Waals surface area (Å²) in [5.41, 5.74) is 0.604. The van der Waals surface area contributed by atoms with Crippen LogP contribution in [0, 0.1) is 6.92 Å². The molecule has 5 nitrogen and oxygen atoms in total. The Kier molecular flexibility index (Phi) is 6.11. The van der Waals surface area contributed by atoms with Gasteiger partial charge in [0.25, 0.3) is 5.91 Å². The average Bonchev–Trinajstić information content (AvgIpc) is 3.10. The molecule has 2 aromatic carbocycles. The van der Waals surface area contributed by atoms with Gasteiger partial charge < -0.3 is 15.4 Å². The van der Waals surface area contributed by atoms with Crippen LogP contribution < -0.4 is 15.4 Å². The van der Waals surface area contributed by atoms with E-state index in [4.69, 9.17) is 16.3 Å². The van der Waals surface area contributed by atoms with Crippen molar-refractivity contribution in [2.45, 2.75) is 6.92 Å². The third-order valence-electron chi connectivity index (χ3n) is 3.58. The maximum Gasteiger partial charge on any atom is 0.261 e. The first kappa shape index (κ1) is 18.9. The lowest BCUT2D eigenvalue weighted by Gasteiger charge is -2.09. The van der Waals surface area contributed by atoms with Crippen LogP contribution in [0.15, 0.2) is 60.7 Å². The highest BCUT2D eigenvalue weighted by atomic mass is 35.5. The van der Waals surface area contributed by atoms with Crippen molar-refractivity contribution in [2.75, 3.05) is 11.9 Å². The number of ether oxygens (including phenoxy) is 1. The van der Waals surface area contributed by atoms with E-state index in [2.05, 4.69) is 10.6 Å². The van der Waals surface area contributed by atoms with Gasteiger partial charge in [0.2, 0.25) is 5.91 Å². The molecule has 3 aromatic rings. The van der Waals surface area contributed by atoms with Crippen LogP contribution in [0.2, 0.25) is 5.02 Å². The molecule has 0 bridgehead atoms. The van der Waals surface area contributed by atoms with Gasteiger partial charge in [-0.15, -0.1) is 11.3 Å². The topological polar surface area (TPSA) is 67.4 Å². The summed E-state index contributed by atoms with van der Waals surface area (Å²) in [5.74, 6) is 0.591. The molecule has 0 saturated carbocycles. The number of thiophene rings is 1. The molecule has 3 rings (SSSR count). The normalized spacial score (nSPS) is 10.3. The van der Waals surface area contributed by atoms with E-state index in [9.17, 15) is 9.59 Å². The molecular formula is C20H17ClN2O3S. The zero-order valence-corrected chi connectivity index (χ0v) is 16.1. The summed E-state index contributed by atoms with van der Waals surface area (Å²) in [4.78, 5) is 25.6. The number of rotatable bonds is 6. The number of halogens is 1. The Balaban J connectivity index is 1.51. The highest BCUT2D eigenvalue weighted by Gasteiger charge is 2.10. The van der Waals surface area contributed by atoms with Crippen molar-refractivity contribution >= 4 is 40.4 Å². The molecule has 1 aromatic heterocycles. The quantitative estimate of drug-likeness (QED) is 0.620. The molecule has 0 atom stereocenters. The largest absolute Gasteiger partial charge is 0.456 e. The van der Waals surface area contributed by atoms with E-state index in [0.717, 1.165) is 4.88 Å². The fourth-order valence-corrected chi connectivity index (χ4v) is 3.23. The lowest BCUT2D eigenvalue weighted by molar-refractivity contribution is -0.115. The van der Waals surface area contributed by atoms with Crippen LogP contribution in [0.25, 0.3) is 0 Å². The molecular weight excluding hydrogens is 384 g/mol. The van der Waals surface area contributed by atoms with Gasteiger partial charge in [0.1, 0.15) is 11.5 Å². The van der Waals surface area contributed by atoms with Crippen LogP contribution in [0.1, 0.15) is 14.5 Å². The van der Waals surface area contributed by atoms with Crippen LogP contribution >= 0.6 is 22.9 Å². The minimum atomic E-state index is -0.309. The number of amides is 2. The molecule has 0 aliphatic rings. The Labute approximate surface area is 165 Å². The highest BCUT2D eigenvalue weighted by molar-refractivity contribution is 7.13. The molecule has 27 heavy (non-hydrogen) atoms. The molecule has 2 amide bonds. The lowest BCUT2D eigenvalue weighted by Crippen LogP contribution is -2.32. The third-order valence-corrected chi connectivity index (χ3v) is 4.89. The van der Waals surface area contributed by atoms with Crippen LogP contribution in [-0.4, -0.2) is 18.4 Å². The SMILES string of the molecule is Cc1ccc(C(=O)NCC(=O)Nc2ccc(Oc3ccccc3Cl)cc2)s1. The average molecular weight is 401 g/mol. The summed E-state index contributed by atoms with van der Waals surface area (Å²) in [6.45, 7) is 1.82. The van der Waals surface area contributed by atoms with Crippen molar-refractivity contribution in [2.24, 2.45) is 0 Å². The second kappa shape index (κ2) is 8.70. The summed E-state index contributed by atoms with van der Waals surface area (Å²) in [7, 11) is 0. The fourth-order valence-electron chi connectivity index (χ4n) is 2.27. The van der Waals surface area contributed by atoms with Crippen LogP contribution in [0.4, 0.5) is 5.69 Å². The minimum absolute atomic E-state index is 0.104. The van der Waals surface area contributed by atoms with Gasteiger partial charge in [0.15, 0.2) is 0 Å². The van der Waals surface area contributed by atoms with Crippen molar-refractivity contribution in [1.82, 2.24) is 5.32 Å². The van der Waals surface area contributed by atoms with Gasteiger partial charge in [-0.3, -0.25) is 9.59 Å². The summed E-state index contributed by atoms with van der Waals surface area (Å²) in [5, 5.41) is 5.85. The maximum atomic E-state index is 12.0. The number of hydrogen-bond acceptors (Lipinski definition) is 4.